The minimum absolute atomic E-state index is 0.757. The van der Waals surface area contributed by atoms with E-state index in [0.717, 1.165) is 10.6 Å². The van der Waals surface area contributed by atoms with Crippen molar-refractivity contribution >= 4 is 11.6 Å². The van der Waals surface area contributed by atoms with E-state index in [0.29, 0.717) is 0 Å². The van der Waals surface area contributed by atoms with Gasteiger partial charge in [0.25, 0.3) is 0 Å². The Morgan fingerprint density at radius 1 is 1.33 bits per heavy atom. The summed E-state index contributed by atoms with van der Waals surface area (Å²) < 4.78 is 0. The molecule has 0 amide bonds. The third-order valence-corrected chi connectivity index (χ3v) is 1.50. The molecule has 0 atom stereocenters. The van der Waals surface area contributed by atoms with Gasteiger partial charge in [-0.3, -0.25) is 0 Å². The standard InChI is InChI=1S/C8H11Cl/c1-4-7(5-2)8(9)6-3/h4-6H,1H2,2-3H3/b7-5-,8-6+. The predicted octanol–water partition coefficient (Wildman–Crippen LogP) is 3.26. The highest BCUT2D eigenvalue weighted by Crippen LogP contribution is 2.14. The normalized spacial score (nSPS) is 13.7. The molecule has 50 valence electrons. The molecule has 0 aromatic carbocycles. The van der Waals surface area contributed by atoms with Crippen molar-refractivity contribution in [1.82, 2.24) is 0 Å². The molecule has 0 heterocycles. The lowest BCUT2D eigenvalue weighted by molar-refractivity contribution is 1.55. The van der Waals surface area contributed by atoms with Gasteiger partial charge < -0.3 is 0 Å². The third kappa shape index (κ3) is 2.52. The Morgan fingerprint density at radius 3 is 2.00 bits per heavy atom. The van der Waals surface area contributed by atoms with Crippen LogP contribution in [0.3, 0.4) is 0 Å². The van der Waals surface area contributed by atoms with E-state index in [-0.39, 0.29) is 0 Å². The average molecular weight is 143 g/mol. The van der Waals surface area contributed by atoms with Crippen LogP contribution in [0.1, 0.15) is 13.8 Å². The van der Waals surface area contributed by atoms with Gasteiger partial charge in [-0.15, -0.1) is 0 Å². The average Bonchev–Trinajstić information content (AvgIpc) is 1.90. The minimum Gasteiger partial charge on any atom is -0.0984 e. The molecule has 0 unspecified atom stereocenters. The summed E-state index contributed by atoms with van der Waals surface area (Å²) >= 11 is 5.75. The van der Waals surface area contributed by atoms with Gasteiger partial charge in [-0.2, -0.15) is 0 Å². The van der Waals surface area contributed by atoms with Gasteiger partial charge in [0.15, 0.2) is 0 Å². The summed E-state index contributed by atoms with van der Waals surface area (Å²) in [5.41, 5.74) is 0.985. The Labute approximate surface area is 61.5 Å². The molecule has 0 aliphatic rings. The molecular formula is C8H11Cl. The van der Waals surface area contributed by atoms with Crippen LogP contribution < -0.4 is 0 Å². The van der Waals surface area contributed by atoms with Crippen LogP contribution in [0, 0.1) is 0 Å². The first-order valence-corrected chi connectivity index (χ1v) is 3.25. The Hall–Kier alpha value is -0.490. The molecule has 0 aliphatic heterocycles. The fourth-order valence-corrected chi connectivity index (χ4v) is 0.706. The van der Waals surface area contributed by atoms with E-state index in [1.54, 1.807) is 6.08 Å². The number of hydrogen-bond acceptors (Lipinski definition) is 0. The van der Waals surface area contributed by atoms with Crippen molar-refractivity contribution in [2.75, 3.05) is 0 Å². The first-order chi connectivity index (χ1) is 4.26. The van der Waals surface area contributed by atoms with Gasteiger partial charge >= 0.3 is 0 Å². The van der Waals surface area contributed by atoms with E-state index in [9.17, 15) is 0 Å². The van der Waals surface area contributed by atoms with E-state index in [1.807, 2.05) is 26.0 Å². The summed E-state index contributed by atoms with van der Waals surface area (Å²) in [6, 6.07) is 0. The molecule has 0 bridgehead atoms. The van der Waals surface area contributed by atoms with Crippen LogP contribution in [0.5, 0.6) is 0 Å². The molecule has 0 aliphatic carbocycles. The minimum atomic E-state index is 0.757. The summed E-state index contributed by atoms with van der Waals surface area (Å²) in [5, 5.41) is 0.757. The van der Waals surface area contributed by atoms with E-state index in [1.165, 1.54) is 0 Å². The third-order valence-electron chi connectivity index (χ3n) is 1.06. The van der Waals surface area contributed by atoms with Gasteiger partial charge in [0.1, 0.15) is 0 Å². The second kappa shape index (κ2) is 4.39. The highest BCUT2D eigenvalue weighted by Gasteiger charge is 1.91. The first-order valence-electron chi connectivity index (χ1n) is 2.87. The largest absolute Gasteiger partial charge is 0.0984 e. The molecule has 9 heavy (non-hydrogen) atoms. The zero-order chi connectivity index (χ0) is 7.28. The van der Waals surface area contributed by atoms with Crippen molar-refractivity contribution in [2.24, 2.45) is 0 Å². The quantitative estimate of drug-likeness (QED) is 0.520. The zero-order valence-corrected chi connectivity index (χ0v) is 6.57. The van der Waals surface area contributed by atoms with Gasteiger partial charge in [-0.25, -0.2) is 0 Å². The van der Waals surface area contributed by atoms with Gasteiger partial charge in [0.2, 0.25) is 0 Å². The van der Waals surface area contributed by atoms with Crippen LogP contribution in [0.4, 0.5) is 0 Å². The molecule has 1 heteroatoms. The lowest BCUT2D eigenvalue weighted by Crippen LogP contribution is -1.73. The molecule has 0 aromatic heterocycles. The maximum Gasteiger partial charge on any atom is 0.0432 e. The monoisotopic (exact) mass is 142 g/mol. The zero-order valence-electron chi connectivity index (χ0n) is 5.82. The smallest absolute Gasteiger partial charge is 0.0432 e. The molecule has 0 aromatic rings. The van der Waals surface area contributed by atoms with Crippen LogP contribution >= 0.6 is 11.6 Å². The van der Waals surface area contributed by atoms with Crippen LogP contribution in [0.2, 0.25) is 0 Å². The molecule has 0 fully saturated rings. The number of rotatable bonds is 2. The Balaban J connectivity index is 4.32. The number of allylic oxidation sites excluding steroid dienone is 5. The maximum atomic E-state index is 5.75. The molecule has 0 radical (unpaired) electrons. The van der Waals surface area contributed by atoms with E-state index < -0.39 is 0 Å². The molecule has 0 N–H and O–H groups in total. The summed E-state index contributed by atoms with van der Waals surface area (Å²) in [5.74, 6) is 0. The molecule has 0 saturated heterocycles. The fraction of sp³-hybridized carbons (Fsp3) is 0.250. The van der Waals surface area contributed by atoms with Crippen molar-refractivity contribution in [1.29, 1.82) is 0 Å². The van der Waals surface area contributed by atoms with E-state index in [4.69, 9.17) is 11.6 Å². The molecular weight excluding hydrogens is 132 g/mol. The van der Waals surface area contributed by atoms with Gasteiger partial charge in [0.05, 0.1) is 0 Å². The maximum absolute atomic E-state index is 5.75. The number of halogens is 1. The van der Waals surface area contributed by atoms with Gasteiger partial charge in [-0.1, -0.05) is 36.4 Å². The van der Waals surface area contributed by atoms with Crippen LogP contribution in [0.25, 0.3) is 0 Å². The topological polar surface area (TPSA) is 0 Å². The lowest BCUT2D eigenvalue weighted by Gasteiger charge is -1.94. The predicted molar refractivity (Wildman–Crippen MR) is 43.6 cm³/mol. The van der Waals surface area contributed by atoms with Crippen LogP contribution in [-0.2, 0) is 0 Å². The van der Waals surface area contributed by atoms with Crippen molar-refractivity contribution in [2.45, 2.75) is 13.8 Å². The molecule has 0 spiro atoms. The van der Waals surface area contributed by atoms with Gasteiger partial charge in [-0.05, 0) is 19.4 Å². The highest BCUT2D eigenvalue weighted by atomic mass is 35.5. The fourth-order valence-electron chi connectivity index (χ4n) is 0.520. The van der Waals surface area contributed by atoms with Crippen molar-refractivity contribution in [3.63, 3.8) is 0 Å². The van der Waals surface area contributed by atoms with Crippen molar-refractivity contribution < 1.29 is 0 Å². The van der Waals surface area contributed by atoms with Crippen molar-refractivity contribution in [3.05, 3.63) is 35.4 Å². The molecule has 0 saturated carbocycles. The number of hydrogen-bond donors (Lipinski definition) is 0. The molecule has 0 rings (SSSR count). The summed E-state index contributed by atoms with van der Waals surface area (Å²) in [6.07, 6.45) is 5.51. The van der Waals surface area contributed by atoms with Gasteiger partial charge in [0, 0.05) is 5.03 Å². The Morgan fingerprint density at radius 2 is 1.89 bits per heavy atom. The van der Waals surface area contributed by atoms with Crippen LogP contribution in [0.15, 0.2) is 35.4 Å². The van der Waals surface area contributed by atoms with E-state index in [2.05, 4.69) is 6.58 Å². The summed E-state index contributed by atoms with van der Waals surface area (Å²) in [6.45, 7) is 7.44. The first kappa shape index (κ1) is 8.51. The van der Waals surface area contributed by atoms with Crippen LogP contribution in [-0.4, -0.2) is 0 Å². The summed E-state index contributed by atoms with van der Waals surface area (Å²) in [7, 11) is 0. The highest BCUT2D eigenvalue weighted by molar-refractivity contribution is 6.32. The second-order valence-electron chi connectivity index (χ2n) is 1.58. The van der Waals surface area contributed by atoms with Crippen molar-refractivity contribution in [3.8, 4) is 0 Å². The lowest BCUT2D eigenvalue weighted by atomic mass is 10.2. The second-order valence-corrected chi connectivity index (χ2v) is 1.99. The Bertz CT molecular complexity index is 152. The molecule has 0 nitrogen and oxygen atoms in total. The SMILES string of the molecule is C=CC(=C/C)/C(Cl)=C\C. The summed E-state index contributed by atoms with van der Waals surface area (Å²) in [4.78, 5) is 0. The Kier molecular flexibility index (Phi) is 4.16. The van der Waals surface area contributed by atoms with E-state index >= 15 is 0 Å².